The zero-order valence-corrected chi connectivity index (χ0v) is 14.5. The van der Waals surface area contributed by atoms with E-state index in [0.717, 1.165) is 39.1 Å². The van der Waals surface area contributed by atoms with Crippen LogP contribution in [0, 0.1) is 10.1 Å². The molecule has 1 aromatic heterocycles. The van der Waals surface area contributed by atoms with E-state index in [4.69, 9.17) is 4.42 Å². The number of nitrogens with zero attached hydrogens (tertiary/aromatic N) is 3. The highest BCUT2D eigenvalue weighted by Crippen LogP contribution is 2.16. The number of nitro groups is 1. The third kappa shape index (κ3) is 4.60. The van der Waals surface area contributed by atoms with Gasteiger partial charge in [-0.3, -0.25) is 19.8 Å². The van der Waals surface area contributed by atoms with Gasteiger partial charge in [0.25, 0.3) is 5.91 Å². The van der Waals surface area contributed by atoms with E-state index >= 15 is 0 Å². The summed E-state index contributed by atoms with van der Waals surface area (Å²) in [4.78, 5) is 26.5. The third-order valence-electron chi connectivity index (χ3n) is 4.43. The Bertz CT molecular complexity index is 739. The summed E-state index contributed by atoms with van der Waals surface area (Å²) in [6.45, 7) is 5.38. The van der Waals surface area contributed by atoms with Gasteiger partial charge in [-0.25, -0.2) is 0 Å². The first kappa shape index (κ1) is 17.9. The molecule has 1 fully saturated rings. The van der Waals surface area contributed by atoms with Crippen LogP contribution in [0.5, 0.6) is 0 Å². The molecule has 1 aromatic carbocycles. The Morgan fingerprint density at radius 2 is 1.85 bits per heavy atom. The fourth-order valence-corrected chi connectivity index (χ4v) is 3.01. The molecule has 0 spiro atoms. The maximum Gasteiger partial charge on any atom is 0.433 e. The number of amides is 1. The Balaban J connectivity index is 1.34. The fourth-order valence-electron chi connectivity index (χ4n) is 3.01. The molecule has 1 saturated heterocycles. The van der Waals surface area contributed by atoms with Crippen molar-refractivity contribution < 1.29 is 14.1 Å². The lowest BCUT2D eigenvalue weighted by Gasteiger charge is -2.36. The van der Waals surface area contributed by atoms with Crippen molar-refractivity contribution in [2.45, 2.75) is 6.42 Å². The van der Waals surface area contributed by atoms with Crippen molar-refractivity contribution >= 4 is 17.5 Å². The minimum absolute atomic E-state index is 0.0341. The molecule has 2 heterocycles. The lowest BCUT2D eigenvalue weighted by Crippen LogP contribution is -2.47. The lowest BCUT2D eigenvalue weighted by molar-refractivity contribution is -0.402. The number of nitrogens with one attached hydrogen (secondary N) is 1. The molecule has 138 valence electrons. The van der Waals surface area contributed by atoms with Crippen molar-refractivity contribution in [2.24, 2.45) is 0 Å². The Morgan fingerprint density at radius 1 is 1.12 bits per heavy atom. The molecule has 1 aliphatic heterocycles. The number of carbonyl (C=O) groups excluding carboxylic acids is 1. The van der Waals surface area contributed by atoms with Crippen LogP contribution < -0.4 is 10.2 Å². The number of anilines is 1. The predicted molar refractivity (Wildman–Crippen MR) is 97.4 cm³/mol. The highest BCUT2D eigenvalue weighted by atomic mass is 16.6. The van der Waals surface area contributed by atoms with Crippen LogP contribution in [0.4, 0.5) is 11.6 Å². The molecule has 2 aromatic rings. The van der Waals surface area contributed by atoms with Gasteiger partial charge < -0.3 is 14.6 Å². The summed E-state index contributed by atoms with van der Waals surface area (Å²) >= 11 is 0. The third-order valence-corrected chi connectivity index (χ3v) is 4.43. The summed E-state index contributed by atoms with van der Waals surface area (Å²) in [6, 6.07) is 12.9. The molecule has 8 nitrogen and oxygen atoms in total. The van der Waals surface area contributed by atoms with Gasteiger partial charge >= 0.3 is 5.88 Å². The van der Waals surface area contributed by atoms with Crippen LogP contribution in [0.15, 0.2) is 46.9 Å². The molecule has 0 radical (unpaired) electrons. The van der Waals surface area contributed by atoms with Gasteiger partial charge in [0.15, 0.2) is 5.76 Å². The fraction of sp³-hybridized carbons (Fsp3) is 0.389. The normalized spacial score (nSPS) is 15.0. The first-order chi connectivity index (χ1) is 12.6. The van der Waals surface area contributed by atoms with Gasteiger partial charge in [-0.15, -0.1) is 0 Å². The summed E-state index contributed by atoms with van der Waals surface area (Å²) in [7, 11) is 0. The van der Waals surface area contributed by atoms with E-state index in [1.807, 2.05) is 6.07 Å². The predicted octanol–water partition coefficient (Wildman–Crippen LogP) is 2.13. The standard InChI is InChI=1S/C18H22N4O4/c23-18(16-7-8-17(26-16)22(24)25)19-9-4-10-20-11-13-21(14-12-20)15-5-2-1-3-6-15/h1-3,5-8H,4,9-14H2,(H,19,23). The van der Waals surface area contributed by atoms with Crippen molar-refractivity contribution in [1.82, 2.24) is 10.2 Å². The number of rotatable bonds is 7. The number of hydrogen-bond acceptors (Lipinski definition) is 6. The van der Waals surface area contributed by atoms with Gasteiger partial charge in [-0.05, 0) is 31.2 Å². The van der Waals surface area contributed by atoms with E-state index in [0.29, 0.717) is 6.54 Å². The molecule has 1 amide bonds. The lowest BCUT2D eigenvalue weighted by atomic mass is 10.2. The number of para-hydroxylation sites is 1. The molecular formula is C18H22N4O4. The topological polar surface area (TPSA) is 91.9 Å². The van der Waals surface area contributed by atoms with Crippen molar-refractivity contribution in [3.05, 3.63) is 58.3 Å². The smallest absolute Gasteiger partial charge is 0.395 e. The molecule has 0 saturated carbocycles. The number of benzene rings is 1. The molecule has 3 rings (SSSR count). The summed E-state index contributed by atoms with van der Waals surface area (Å²) in [6.07, 6.45) is 0.819. The first-order valence-electron chi connectivity index (χ1n) is 8.68. The average molecular weight is 358 g/mol. The van der Waals surface area contributed by atoms with E-state index in [9.17, 15) is 14.9 Å². The maximum atomic E-state index is 11.9. The van der Waals surface area contributed by atoms with Crippen molar-refractivity contribution in [3.63, 3.8) is 0 Å². The Morgan fingerprint density at radius 3 is 2.50 bits per heavy atom. The zero-order chi connectivity index (χ0) is 18.4. The molecule has 0 bridgehead atoms. The number of piperazine rings is 1. The summed E-state index contributed by atoms with van der Waals surface area (Å²) in [5.41, 5.74) is 1.26. The van der Waals surface area contributed by atoms with Crippen LogP contribution in [-0.4, -0.2) is 55.0 Å². The minimum atomic E-state index is -0.661. The van der Waals surface area contributed by atoms with Gasteiger partial charge in [0.2, 0.25) is 0 Å². The van der Waals surface area contributed by atoms with Crippen LogP contribution in [-0.2, 0) is 0 Å². The van der Waals surface area contributed by atoms with E-state index in [2.05, 4.69) is 39.4 Å². The largest absolute Gasteiger partial charge is 0.433 e. The van der Waals surface area contributed by atoms with Crippen LogP contribution in [0.25, 0.3) is 0 Å². The van der Waals surface area contributed by atoms with E-state index in [1.165, 1.54) is 17.8 Å². The summed E-state index contributed by atoms with van der Waals surface area (Å²) in [5.74, 6) is -0.883. The molecule has 1 aliphatic rings. The SMILES string of the molecule is O=C(NCCCN1CCN(c2ccccc2)CC1)c1ccc([N+](=O)[O-])o1. The maximum absolute atomic E-state index is 11.9. The Kier molecular flexibility index (Phi) is 5.85. The molecule has 0 aliphatic carbocycles. The number of furan rings is 1. The van der Waals surface area contributed by atoms with Crippen LogP contribution >= 0.6 is 0 Å². The molecule has 0 unspecified atom stereocenters. The van der Waals surface area contributed by atoms with Gasteiger partial charge in [0, 0.05) is 38.4 Å². The number of carbonyl (C=O) groups is 1. The second-order valence-electron chi connectivity index (χ2n) is 6.17. The monoisotopic (exact) mass is 358 g/mol. The second kappa shape index (κ2) is 8.48. The molecular weight excluding hydrogens is 336 g/mol. The number of hydrogen-bond donors (Lipinski definition) is 1. The van der Waals surface area contributed by atoms with Crippen molar-refractivity contribution in [3.8, 4) is 0 Å². The van der Waals surface area contributed by atoms with Crippen LogP contribution in [0.1, 0.15) is 17.0 Å². The van der Waals surface area contributed by atoms with Gasteiger partial charge in [0.1, 0.15) is 4.92 Å². The zero-order valence-electron chi connectivity index (χ0n) is 14.5. The quantitative estimate of drug-likeness (QED) is 0.463. The van der Waals surface area contributed by atoms with E-state index < -0.39 is 16.7 Å². The highest BCUT2D eigenvalue weighted by molar-refractivity contribution is 5.91. The van der Waals surface area contributed by atoms with Crippen LogP contribution in [0.2, 0.25) is 0 Å². The van der Waals surface area contributed by atoms with Crippen LogP contribution in [0.3, 0.4) is 0 Å². The van der Waals surface area contributed by atoms with Gasteiger partial charge in [0.05, 0.1) is 6.07 Å². The molecule has 8 heteroatoms. The van der Waals surface area contributed by atoms with E-state index in [-0.39, 0.29) is 5.76 Å². The first-order valence-corrected chi connectivity index (χ1v) is 8.68. The summed E-state index contributed by atoms with van der Waals surface area (Å²) in [5, 5.41) is 13.3. The van der Waals surface area contributed by atoms with Crippen molar-refractivity contribution in [2.75, 3.05) is 44.2 Å². The van der Waals surface area contributed by atoms with Gasteiger partial charge in [-0.1, -0.05) is 18.2 Å². The van der Waals surface area contributed by atoms with Crippen molar-refractivity contribution in [1.29, 1.82) is 0 Å². The second-order valence-corrected chi connectivity index (χ2v) is 6.17. The van der Waals surface area contributed by atoms with Gasteiger partial charge in [-0.2, -0.15) is 0 Å². The Hall–Kier alpha value is -2.87. The highest BCUT2D eigenvalue weighted by Gasteiger charge is 2.18. The molecule has 0 atom stereocenters. The molecule has 26 heavy (non-hydrogen) atoms. The molecule has 1 N–H and O–H groups in total. The van der Waals surface area contributed by atoms with E-state index in [1.54, 1.807) is 0 Å². The average Bonchev–Trinajstić information content (AvgIpc) is 3.17. The minimum Gasteiger partial charge on any atom is -0.395 e. The summed E-state index contributed by atoms with van der Waals surface area (Å²) < 4.78 is 4.88. The Labute approximate surface area is 151 Å².